The van der Waals surface area contributed by atoms with Crippen LogP contribution in [0.15, 0.2) is 18.2 Å². The number of halogens is 1. The SMILES string of the molecule is CCc1cc(CC)cc([SiH](C)CCCl)c1. The molecule has 0 fully saturated rings. The van der Waals surface area contributed by atoms with Crippen molar-refractivity contribution in [1.29, 1.82) is 0 Å². The van der Waals surface area contributed by atoms with Gasteiger partial charge in [-0.15, -0.1) is 11.6 Å². The van der Waals surface area contributed by atoms with Crippen LogP contribution < -0.4 is 5.19 Å². The Bertz CT molecular complexity index is 287. The molecule has 0 amide bonds. The molecule has 0 aliphatic heterocycles. The molecular weight excluding hydrogens is 220 g/mol. The first-order valence-corrected chi connectivity index (χ1v) is 8.98. The fourth-order valence-electron chi connectivity index (χ4n) is 1.81. The Kier molecular flexibility index (Phi) is 5.41. The second-order valence-corrected chi connectivity index (χ2v) is 7.59. The van der Waals surface area contributed by atoms with Crippen molar-refractivity contribution in [3.8, 4) is 0 Å². The van der Waals surface area contributed by atoms with Gasteiger partial charge in [0.05, 0.1) is 8.80 Å². The van der Waals surface area contributed by atoms with Gasteiger partial charge in [-0.1, -0.05) is 43.8 Å². The lowest BCUT2D eigenvalue weighted by Crippen LogP contribution is -2.27. The average Bonchev–Trinajstić information content (AvgIpc) is 2.28. The Balaban J connectivity index is 2.95. The molecule has 0 aromatic heterocycles. The van der Waals surface area contributed by atoms with Crippen LogP contribution in [0.25, 0.3) is 0 Å². The monoisotopic (exact) mass is 240 g/mol. The van der Waals surface area contributed by atoms with E-state index < -0.39 is 8.80 Å². The van der Waals surface area contributed by atoms with E-state index >= 15 is 0 Å². The Morgan fingerprint density at radius 1 is 1.07 bits per heavy atom. The first kappa shape index (κ1) is 12.8. The van der Waals surface area contributed by atoms with Crippen LogP contribution in [-0.4, -0.2) is 14.7 Å². The summed E-state index contributed by atoms with van der Waals surface area (Å²) in [4.78, 5) is 0. The van der Waals surface area contributed by atoms with Gasteiger partial charge in [0.15, 0.2) is 0 Å². The van der Waals surface area contributed by atoms with E-state index in [-0.39, 0.29) is 0 Å². The second kappa shape index (κ2) is 6.34. The highest BCUT2D eigenvalue weighted by atomic mass is 35.5. The molecule has 1 aromatic rings. The van der Waals surface area contributed by atoms with Crippen LogP contribution in [0, 0.1) is 0 Å². The Morgan fingerprint density at radius 3 is 2.00 bits per heavy atom. The van der Waals surface area contributed by atoms with E-state index in [1.165, 1.54) is 17.2 Å². The summed E-state index contributed by atoms with van der Waals surface area (Å²) in [5, 5.41) is 1.59. The van der Waals surface area contributed by atoms with Crippen molar-refractivity contribution in [3.05, 3.63) is 29.3 Å². The number of rotatable bonds is 5. The standard InChI is InChI=1S/C13H21ClSi/c1-4-11-8-12(5-2)10-13(9-11)15(3)7-6-14/h8-10,15H,4-7H2,1-3H3. The normalized spacial score (nSPS) is 12.8. The van der Waals surface area contributed by atoms with Crippen LogP contribution in [-0.2, 0) is 12.8 Å². The summed E-state index contributed by atoms with van der Waals surface area (Å²) in [6.45, 7) is 6.86. The fourth-order valence-corrected chi connectivity index (χ4v) is 4.45. The van der Waals surface area contributed by atoms with Crippen molar-refractivity contribution < 1.29 is 0 Å². The van der Waals surface area contributed by atoms with Crippen LogP contribution in [0.1, 0.15) is 25.0 Å². The lowest BCUT2D eigenvalue weighted by atomic mass is 10.1. The molecule has 0 aliphatic carbocycles. The molecule has 0 saturated heterocycles. The first-order chi connectivity index (χ1) is 7.21. The van der Waals surface area contributed by atoms with Gasteiger partial charge in [0.2, 0.25) is 0 Å². The van der Waals surface area contributed by atoms with Crippen molar-refractivity contribution in [1.82, 2.24) is 0 Å². The molecule has 0 bridgehead atoms. The van der Waals surface area contributed by atoms with Crippen LogP contribution in [0.4, 0.5) is 0 Å². The number of hydrogen-bond acceptors (Lipinski definition) is 0. The van der Waals surface area contributed by atoms with E-state index in [9.17, 15) is 0 Å². The maximum absolute atomic E-state index is 5.83. The third-order valence-electron chi connectivity index (χ3n) is 3.00. The summed E-state index contributed by atoms with van der Waals surface area (Å²) in [6, 6.07) is 8.33. The summed E-state index contributed by atoms with van der Waals surface area (Å²) in [5.74, 6) is 0.811. The predicted octanol–water partition coefficient (Wildman–Crippen LogP) is 3.11. The van der Waals surface area contributed by atoms with Crippen molar-refractivity contribution in [2.75, 3.05) is 5.88 Å². The second-order valence-electron chi connectivity index (χ2n) is 4.17. The minimum Gasteiger partial charge on any atom is -0.127 e. The summed E-state index contributed by atoms with van der Waals surface area (Å²) in [6.07, 6.45) is 2.28. The molecule has 0 heterocycles. The van der Waals surface area contributed by atoms with E-state index in [2.05, 4.69) is 38.6 Å². The molecule has 15 heavy (non-hydrogen) atoms. The van der Waals surface area contributed by atoms with Gasteiger partial charge >= 0.3 is 0 Å². The Hall–Kier alpha value is -0.273. The highest BCUT2D eigenvalue weighted by molar-refractivity contribution is 6.72. The van der Waals surface area contributed by atoms with Crippen LogP contribution >= 0.6 is 11.6 Å². The zero-order valence-corrected chi connectivity index (χ0v) is 11.9. The van der Waals surface area contributed by atoms with E-state index in [1.807, 2.05) is 0 Å². The number of aryl methyl sites for hydroxylation is 2. The van der Waals surface area contributed by atoms with Gasteiger partial charge in [0, 0.05) is 5.88 Å². The van der Waals surface area contributed by atoms with Crippen molar-refractivity contribution in [2.45, 2.75) is 39.3 Å². The van der Waals surface area contributed by atoms with Crippen LogP contribution in [0.3, 0.4) is 0 Å². The summed E-state index contributed by atoms with van der Waals surface area (Å²) in [7, 11) is -0.776. The maximum atomic E-state index is 5.83. The topological polar surface area (TPSA) is 0 Å². The minimum atomic E-state index is -0.776. The van der Waals surface area contributed by atoms with Gasteiger partial charge in [-0.05, 0) is 30.0 Å². The molecule has 84 valence electrons. The number of alkyl halides is 1. The molecule has 0 saturated carbocycles. The molecule has 0 spiro atoms. The average molecular weight is 241 g/mol. The molecule has 2 heteroatoms. The predicted molar refractivity (Wildman–Crippen MR) is 73.4 cm³/mol. The molecule has 1 aromatic carbocycles. The Morgan fingerprint density at radius 2 is 1.60 bits per heavy atom. The van der Waals surface area contributed by atoms with Crippen molar-refractivity contribution in [3.63, 3.8) is 0 Å². The Labute approximate surface area is 100 Å². The molecule has 0 nitrogen and oxygen atoms in total. The maximum Gasteiger partial charge on any atom is 0.0689 e. The molecule has 1 atom stereocenters. The third-order valence-corrected chi connectivity index (χ3v) is 6.21. The van der Waals surface area contributed by atoms with Crippen LogP contribution in [0.2, 0.25) is 12.6 Å². The molecule has 1 rings (SSSR count). The largest absolute Gasteiger partial charge is 0.127 e. The van der Waals surface area contributed by atoms with Crippen molar-refractivity contribution >= 4 is 25.6 Å². The summed E-state index contributed by atoms with van der Waals surface area (Å²) < 4.78 is 0. The lowest BCUT2D eigenvalue weighted by molar-refractivity contribution is 1.09. The van der Waals surface area contributed by atoms with Gasteiger partial charge in [-0.2, -0.15) is 0 Å². The quantitative estimate of drug-likeness (QED) is 0.548. The molecular formula is C13H21ClSi. The zero-order chi connectivity index (χ0) is 11.3. The molecule has 0 N–H and O–H groups in total. The van der Waals surface area contributed by atoms with Gasteiger partial charge in [0.1, 0.15) is 0 Å². The number of hydrogen-bond donors (Lipinski definition) is 0. The minimum absolute atomic E-state index is 0.776. The first-order valence-electron chi connectivity index (χ1n) is 5.89. The van der Waals surface area contributed by atoms with E-state index in [1.54, 1.807) is 5.19 Å². The van der Waals surface area contributed by atoms with Gasteiger partial charge in [0.25, 0.3) is 0 Å². The smallest absolute Gasteiger partial charge is 0.0689 e. The third kappa shape index (κ3) is 3.65. The number of benzene rings is 1. The van der Waals surface area contributed by atoms with Gasteiger partial charge < -0.3 is 0 Å². The lowest BCUT2D eigenvalue weighted by Gasteiger charge is -2.12. The van der Waals surface area contributed by atoms with E-state index in [4.69, 9.17) is 11.6 Å². The molecule has 1 unspecified atom stereocenters. The van der Waals surface area contributed by atoms with Gasteiger partial charge in [-0.25, -0.2) is 0 Å². The van der Waals surface area contributed by atoms with E-state index in [0.29, 0.717) is 0 Å². The molecule has 0 aliphatic rings. The zero-order valence-electron chi connectivity index (χ0n) is 10.0. The van der Waals surface area contributed by atoms with Crippen LogP contribution in [0.5, 0.6) is 0 Å². The summed E-state index contributed by atoms with van der Waals surface area (Å²) in [5.41, 5.74) is 2.97. The van der Waals surface area contributed by atoms with Gasteiger partial charge in [-0.3, -0.25) is 0 Å². The van der Waals surface area contributed by atoms with Crippen molar-refractivity contribution in [2.24, 2.45) is 0 Å². The summed E-state index contributed by atoms with van der Waals surface area (Å²) >= 11 is 5.83. The fraction of sp³-hybridized carbons (Fsp3) is 0.538. The highest BCUT2D eigenvalue weighted by Crippen LogP contribution is 2.07. The van der Waals surface area contributed by atoms with E-state index in [0.717, 1.165) is 18.7 Å². The highest BCUT2D eigenvalue weighted by Gasteiger charge is 2.08. The molecule has 0 radical (unpaired) electrons.